The lowest BCUT2D eigenvalue weighted by Gasteiger charge is -2.14. The smallest absolute Gasteiger partial charge is 0.283 e. The first-order valence-electron chi connectivity index (χ1n) is 8.64. The number of nitrogens with zero attached hydrogens (tertiary/aromatic N) is 3. The van der Waals surface area contributed by atoms with Crippen LogP contribution >= 0.6 is 11.3 Å². The summed E-state index contributed by atoms with van der Waals surface area (Å²) in [7, 11) is 1.50. The van der Waals surface area contributed by atoms with Crippen molar-refractivity contribution in [1.29, 1.82) is 5.26 Å². The molecule has 6 nitrogen and oxygen atoms in total. The van der Waals surface area contributed by atoms with Crippen molar-refractivity contribution in [3.63, 3.8) is 0 Å². The van der Waals surface area contributed by atoms with Crippen molar-refractivity contribution in [2.75, 3.05) is 13.7 Å². The van der Waals surface area contributed by atoms with Gasteiger partial charge >= 0.3 is 0 Å². The molecular formula is C19H21N3O3S. The minimum Gasteiger partial charge on any atom is -0.496 e. The molecule has 1 aliphatic rings. The second kappa shape index (κ2) is 8.30. The van der Waals surface area contributed by atoms with Gasteiger partial charge in [-0.05, 0) is 24.6 Å². The number of amides is 1. The molecule has 0 N–H and O–H groups in total. The van der Waals surface area contributed by atoms with E-state index in [4.69, 9.17) is 14.7 Å². The molecule has 0 saturated heterocycles. The topological polar surface area (TPSA) is 76.6 Å². The summed E-state index contributed by atoms with van der Waals surface area (Å²) >= 11 is 1.50. The number of carbonyl (C=O) groups excluding carboxylic acids is 1. The number of methoxy groups -OCH3 is 1. The number of benzene rings is 1. The van der Waals surface area contributed by atoms with E-state index in [-0.39, 0.29) is 0 Å². The van der Waals surface area contributed by atoms with Crippen molar-refractivity contribution >= 4 is 17.2 Å². The molecule has 0 unspecified atom stereocenters. The SMILES string of the molecule is CCCCn1c2c(sc1=NC(=O)c1cc(C#N)ccc1OC)COCC2. The second-order valence-corrected chi connectivity index (χ2v) is 7.07. The van der Waals surface area contributed by atoms with E-state index in [9.17, 15) is 4.79 Å². The highest BCUT2D eigenvalue weighted by molar-refractivity contribution is 7.09. The zero-order valence-electron chi connectivity index (χ0n) is 14.9. The molecule has 136 valence electrons. The minimum atomic E-state index is -0.399. The van der Waals surface area contributed by atoms with E-state index in [0.717, 1.165) is 30.7 Å². The average molecular weight is 371 g/mol. The van der Waals surface area contributed by atoms with E-state index in [1.54, 1.807) is 12.1 Å². The predicted octanol–water partition coefficient (Wildman–Crippen LogP) is 3.04. The Balaban J connectivity index is 2.06. The van der Waals surface area contributed by atoms with Gasteiger partial charge in [-0.2, -0.15) is 10.3 Å². The van der Waals surface area contributed by atoms with Gasteiger partial charge in [-0.25, -0.2) is 0 Å². The number of fused-ring (bicyclic) bond motifs is 1. The molecule has 2 aromatic rings. The van der Waals surface area contributed by atoms with Crippen LogP contribution in [0.15, 0.2) is 23.2 Å². The van der Waals surface area contributed by atoms with Crippen LogP contribution in [0.1, 0.15) is 46.3 Å². The van der Waals surface area contributed by atoms with Crippen LogP contribution in [0, 0.1) is 11.3 Å². The molecule has 0 spiro atoms. The van der Waals surface area contributed by atoms with E-state index in [2.05, 4.69) is 16.5 Å². The highest BCUT2D eigenvalue weighted by atomic mass is 32.1. The van der Waals surface area contributed by atoms with Gasteiger partial charge in [0.2, 0.25) is 0 Å². The molecular weight excluding hydrogens is 350 g/mol. The second-order valence-electron chi connectivity index (χ2n) is 6.01. The number of ether oxygens (including phenoxy) is 2. The van der Waals surface area contributed by atoms with Crippen LogP contribution in [0.4, 0.5) is 0 Å². The summed E-state index contributed by atoms with van der Waals surface area (Å²) in [5, 5.41) is 9.10. The van der Waals surface area contributed by atoms with Crippen LogP contribution in [0.2, 0.25) is 0 Å². The number of hydrogen-bond donors (Lipinski definition) is 0. The van der Waals surface area contributed by atoms with Crippen molar-refractivity contribution < 1.29 is 14.3 Å². The van der Waals surface area contributed by atoms with Crippen molar-refractivity contribution in [2.24, 2.45) is 4.99 Å². The van der Waals surface area contributed by atoms with E-state index < -0.39 is 5.91 Å². The molecule has 3 rings (SSSR count). The number of hydrogen-bond acceptors (Lipinski definition) is 5. The predicted molar refractivity (Wildman–Crippen MR) is 98.2 cm³/mol. The summed E-state index contributed by atoms with van der Waals surface area (Å²) in [5.74, 6) is 0.0197. The number of thiazole rings is 1. The Morgan fingerprint density at radius 3 is 3.08 bits per heavy atom. The first-order chi connectivity index (χ1) is 12.7. The van der Waals surface area contributed by atoms with Gasteiger partial charge < -0.3 is 14.0 Å². The lowest BCUT2D eigenvalue weighted by atomic mass is 10.1. The molecule has 0 radical (unpaired) electrons. The van der Waals surface area contributed by atoms with E-state index in [1.165, 1.54) is 30.2 Å². The maximum absolute atomic E-state index is 12.8. The number of unbranched alkanes of at least 4 members (excludes halogenated alkanes) is 1. The molecule has 1 aliphatic heterocycles. The average Bonchev–Trinajstić information content (AvgIpc) is 3.02. The van der Waals surface area contributed by atoms with Gasteiger partial charge in [-0.3, -0.25) is 4.79 Å². The Bertz CT molecular complexity index is 921. The van der Waals surface area contributed by atoms with E-state index in [0.29, 0.717) is 34.9 Å². The Labute approximate surface area is 156 Å². The zero-order chi connectivity index (χ0) is 18.5. The van der Waals surface area contributed by atoms with Gasteiger partial charge in [0.05, 0.1) is 42.4 Å². The van der Waals surface area contributed by atoms with Gasteiger partial charge in [-0.1, -0.05) is 24.7 Å². The standard InChI is InChI=1S/C19H21N3O3S/c1-3-4-8-22-15-7-9-25-12-17(15)26-19(22)21-18(23)14-10-13(11-20)5-6-16(14)24-2/h5-6,10H,3-4,7-9,12H2,1-2H3. The van der Waals surface area contributed by atoms with Crippen LogP contribution in [-0.2, 0) is 24.3 Å². The van der Waals surface area contributed by atoms with E-state index in [1.807, 2.05) is 6.07 Å². The highest BCUT2D eigenvalue weighted by Crippen LogP contribution is 2.22. The molecule has 0 bridgehead atoms. The fraction of sp³-hybridized carbons (Fsp3) is 0.421. The molecule has 1 aromatic heterocycles. The molecule has 26 heavy (non-hydrogen) atoms. The largest absolute Gasteiger partial charge is 0.496 e. The normalized spacial score (nSPS) is 14.0. The summed E-state index contributed by atoms with van der Waals surface area (Å²) in [6, 6.07) is 6.82. The van der Waals surface area contributed by atoms with Gasteiger partial charge in [0.25, 0.3) is 5.91 Å². The first-order valence-corrected chi connectivity index (χ1v) is 9.46. The highest BCUT2D eigenvalue weighted by Gasteiger charge is 2.19. The Morgan fingerprint density at radius 1 is 1.50 bits per heavy atom. The summed E-state index contributed by atoms with van der Waals surface area (Å²) in [5.41, 5.74) is 1.93. The molecule has 1 aromatic carbocycles. The van der Waals surface area contributed by atoms with Gasteiger partial charge in [0.1, 0.15) is 5.75 Å². The van der Waals surface area contributed by atoms with Crippen LogP contribution in [0.3, 0.4) is 0 Å². The third-order valence-corrected chi connectivity index (χ3v) is 5.40. The summed E-state index contributed by atoms with van der Waals surface area (Å²) in [6.45, 7) is 4.25. The number of aromatic nitrogens is 1. The molecule has 0 aliphatic carbocycles. The summed E-state index contributed by atoms with van der Waals surface area (Å²) < 4.78 is 12.9. The van der Waals surface area contributed by atoms with Crippen LogP contribution in [0.5, 0.6) is 5.75 Å². The van der Waals surface area contributed by atoms with Gasteiger partial charge in [-0.15, -0.1) is 0 Å². The zero-order valence-corrected chi connectivity index (χ0v) is 15.8. The Morgan fingerprint density at radius 2 is 2.35 bits per heavy atom. The quantitative estimate of drug-likeness (QED) is 0.809. The maximum Gasteiger partial charge on any atom is 0.283 e. The van der Waals surface area contributed by atoms with Crippen molar-refractivity contribution in [1.82, 2.24) is 4.57 Å². The summed E-state index contributed by atoms with van der Waals surface area (Å²) in [4.78, 5) is 19.0. The monoisotopic (exact) mass is 371 g/mol. The third-order valence-electron chi connectivity index (χ3n) is 4.30. The third kappa shape index (κ3) is 3.71. The Kier molecular flexibility index (Phi) is 5.86. The summed E-state index contributed by atoms with van der Waals surface area (Å²) in [6.07, 6.45) is 2.94. The fourth-order valence-corrected chi connectivity index (χ4v) is 4.07. The minimum absolute atomic E-state index is 0.302. The van der Waals surface area contributed by atoms with Crippen LogP contribution in [0.25, 0.3) is 0 Å². The van der Waals surface area contributed by atoms with Gasteiger partial charge in [0.15, 0.2) is 4.80 Å². The lowest BCUT2D eigenvalue weighted by molar-refractivity contribution is 0.0994. The molecule has 7 heteroatoms. The fourth-order valence-electron chi connectivity index (χ4n) is 2.93. The van der Waals surface area contributed by atoms with E-state index >= 15 is 0 Å². The van der Waals surface area contributed by atoms with Crippen LogP contribution in [-0.4, -0.2) is 24.2 Å². The molecule has 2 heterocycles. The first kappa shape index (κ1) is 18.4. The van der Waals surface area contributed by atoms with Gasteiger partial charge in [0, 0.05) is 18.7 Å². The molecule has 0 saturated carbocycles. The van der Waals surface area contributed by atoms with Crippen molar-refractivity contribution in [3.05, 3.63) is 44.7 Å². The number of nitriles is 1. The maximum atomic E-state index is 12.8. The number of carbonyl (C=O) groups is 1. The molecule has 1 amide bonds. The van der Waals surface area contributed by atoms with Crippen molar-refractivity contribution in [2.45, 2.75) is 39.3 Å². The Hall–Kier alpha value is -2.43. The van der Waals surface area contributed by atoms with Crippen molar-refractivity contribution in [3.8, 4) is 11.8 Å². The van der Waals surface area contributed by atoms with Crippen LogP contribution < -0.4 is 9.54 Å². The molecule has 0 fully saturated rings. The lowest BCUT2D eigenvalue weighted by Crippen LogP contribution is -2.21. The molecule has 0 atom stereocenters. The number of rotatable bonds is 5.